The van der Waals surface area contributed by atoms with Crippen LogP contribution >= 0.6 is 0 Å². The number of hydrogen-bond acceptors (Lipinski definition) is 4. The van der Waals surface area contributed by atoms with Gasteiger partial charge in [-0.05, 0) is 18.2 Å². The third-order valence-electron chi connectivity index (χ3n) is 4.28. The van der Waals surface area contributed by atoms with Crippen LogP contribution in [0.1, 0.15) is 5.56 Å². The Bertz CT molecular complexity index is 1130. The Morgan fingerprint density at radius 1 is 0.931 bits per heavy atom. The van der Waals surface area contributed by atoms with Crippen molar-refractivity contribution >= 4 is 26.5 Å². The number of ether oxygens (including phenoxy) is 1. The second-order valence-corrected chi connectivity index (χ2v) is 8.24. The number of anilines is 1. The number of sulfonamides is 1. The van der Waals surface area contributed by atoms with Crippen molar-refractivity contribution in [3.05, 3.63) is 66.2 Å². The molecule has 5 nitrogen and oxygen atoms in total. The fourth-order valence-corrected chi connectivity index (χ4v) is 4.24. The molecule has 0 aliphatic carbocycles. The quantitative estimate of drug-likeness (QED) is 0.642. The minimum absolute atomic E-state index is 0.0490. The Morgan fingerprint density at radius 2 is 1.59 bits per heavy atom. The third kappa shape index (κ3) is 4.80. The lowest BCUT2D eigenvalue weighted by atomic mass is 10.1. The molecule has 3 aromatic carbocycles. The van der Waals surface area contributed by atoms with Crippen LogP contribution in [0.4, 0.5) is 18.9 Å². The Labute approximate surface area is 166 Å². The van der Waals surface area contributed by atoms with Crippen molar-refractivity contribution in [3.8, 4) is 5.75 Å². The van der Waals surface area contributed by atoms with Gasteiger partial charge in [-0.15, -0.1) is 13.2 Å². The van der Waals surface area contributed by atoms with Gasteiger partial charge < -0.3 is 9.64 Å². The largest absolute Gasteiger partial charge is 0.573 e. The highest BCUT2D eigenvalue weighted by Gasteiger charge is 2.32. The standard InChI is InChI=1S/C20H19F3N2O3S/c1-25(2)17-10-5-9-16-15(17)8-6-12-19(16)29(26,27)24-13-14-7-3-4-11-18(14)28-20(21,22)23/h3-12,24H,13H2,1-2H3. The maximum atomic E-state index is 12.9. The van der Waals surface area contributed by atoms with E-state index in [9.17, 15) is 21.6 Å². The molecule has 0 aliphatic heterocycles. The molecular weight excluding hydrogens is 405 g/mol. The van der Waals surface area contributed by atoms with Gasteiger partial charge in [0.05, 0.1) is 4.90 Å². The van der Waals surface area contributed by atoms with Crippen LogP contribution in [-0.2, 0) is 16.6 Å². The van der Waals surface area contributed by atoms with Crippen molar-refractivity contribution in [2.45, 2.75) is 17.8 Å². The first kappa shape index (κ1) is 20.9. The van der Waals surface area contributed by atoms with E-state index in [1.54, 1.807) is 18.2 Å². The van der Waals surface area contributed by atoms with E-state index in [-0.39, 0.29) is 17.0 Å². The summed E-state index contributed by atoms with van der Waals surface area (Å²) >= 11 is 0. The summed E-state index contributed by atoms with van der Waals surface area (Å²) in [7, 11) is -0.287. The average Bonchev–Trinajstić information content (AvgIpc) is 2.65. The summed E-state index contributed by atoms with van der Waals surface area (Å²) < 4.78 is 69.9. The number of benzene rings is 3. The Kier molecular flexibility index (Phi) is 5.72. The lowest BCUT2D eigenvalue weighted by molar-refractivity contribution is -0.274. The summed E-state index contributed by atoms with van der Waals surface area (Å²) in [6, 6.07) is 15.6. The summed E-state index contributed by atoms with van der Waals surface area (Å²) in [5, 5.41) is 1.27. The molecule has 3 rings (SSSR count). The number of fused-ring (bicyclic) bond motifs is 1. The van der Waals surface area contributed by atoms with E-state index in [2.05, 4.69) is 9.46 Å². The monoisotopic (exact) mass is 424 g/mol. The summed E-state index contributed by atoms with van der Waals surface area (Å²) in [5.41, 5.74) is 0.922. The maximum absolute atomic E-state index is 12.9. The second kappa shape index (κ2) is 7.92. The van der Waals surface area contributed by atoms with Crippen molar-refractivity contribution in [3.63, 3.8) is 0 Å². The van der Waals surface area contributed by atoms with Crippen LogP contribution in [0, 0.1) is 0 Å². The molecule has 0 aromatic heterocycles. The van der Waals surface area contributed by atoms with Crippen molar-refractivity contribution in [2.75, 3.05) is 19.0 Å². The molecule has 3 aromatic rings. The van der Waals surface area contributed by atoms with Crippen molar-refractivity contribution in [2.24, 2.45) is 0 Å². The molecule has 0 fully saturated rings. The molecule has 0 heterocycles. The topological polar surface area (TPSA) is 58.6 Å². The highest BCUT2D eigenvalue weighted by Crippen LogP contribution is 2.31. The van der Waals surface area contributed by atoms with E-state index in [1.165, 1.54) is 24.3 Å². The summed E-state index contributed by atoms with van der Waals surface area (Å²) in [4.78, 5) is 1.92. The number of nitrogens with zero attached hydrogens (tertiary/aromatic N) is 1. The van der Waals surface area contributed by atoms with Gasteiger partial charge in [0.2, 0.25) is 10.0 Å². The molecular formula is C20H19F3N2O3S. The lowest BCUT2D eigenvalue weighted by Gasteiger charge is -2.17. The molecule has 29 heavy (non-hydrogen) atoms. The number of nitrogens with one attached hydrogen (secondary N) is 1. The third-order valence-corrected chi connectivity index (χ3v) is 5.74. The molecule has 0 amide bonds. The van der Waals surface area contributed by atoms with Crippen molar-refractivity contribution < 1.29 is 26.3 Å². The molecule has 0 saturated carbocycles. The molecule has 0 unspecified atom stereocenters. The summed E-state index contributed by atoms with van der Waals surface area (Å²) in [6.45, 7) is -0.349. The normalized spacial score (nSPS) is 12.2. The van der Waals surface area contributed by atoms with Gasteiger partial charge in [-0.25, -0.2) is 13.1 Å². The molecule has 0 bridgehead atoms. The Hall–Kier alpha value is -2.78. The van der Waals surface area contributed by atoms with E-state index in [0.29, 0.717) is 5.39 Å². The Balaban J connectivity index is 1.93. The van der Waals surface area contributed by atoms with Crippen molar-refractivity contribution in [1.29, 1.82) is 0 Å². The minimum atomic E-state index is -4.87. The SMILES string of the molecule is CN(C)c1cccc2c(S(=O)(=O)NCc3ccccc3OC(F)(F)F)cccc12. The first-order valence-corrected chi connectivity index (χ1v) is 10.1. The smallest absolute Gasteiger partial charge is 0.405 e. The molecule has 0 saturated heterocycles. The van der Waals surface area contributed by atoms with Gasteiger partial charge in [-0.2, -0.15) is 0 Å². The molecule has 0 aliphatic rings. The number of rotatable bonds is 6. The average molecular weight is 424 g/mol. The van der Waals surface area contributed by atoms with Gasteiger partial charge in [0, 0.05) is 42.7 Å². The van der Waals surface area contributed by atoms with E-state index >= 15 is 0 Å². The van der Waals surface area contributed by atoms with Crippen LogP contribution in [-0.4, -0.2) is 28.9 Å². The fraction of sp³-hybridized carbons (Fsp3) is 0.200. The number of para-hydroxylation sites is 1. The maximum Gasteiger partial charge on any atom is 0.573 e. The molecule has 9 heteroatoms. The minimum Gasteiger partial charge on any atom is -0.405 e. The van der Waals surface area contributed by atoms with Crippen molar-refractivity contribution in [1.82, 2.24) is 4.72 Å². The predicted molar refractivity (Wildman–Crippen MR) is 105 cm³/mol. The van der Waals surface area contributed by atoms with Gasteiger partial charge >= 0.3 is 6.36 Å². The highest BCUT2D eigenvalue weighted by molar-refractivity contribution is 7.89. The number of halogens is 3. The first-order valence-electron chi connectivity index (χ1n) is 8.61. The van der Waals surface area contributed by atoms with E-state index in [1.807, 2.05) is 31.1 Å². The van der Waals surface area contributed by atoms with Crippen LogP contribution in [0.5, 0.6) is 5.75 Å². The van der Waals surface area contributed by atoms with Gasteiger partial charge in [-0.1, -0.05) is 42.5 Å². The molecule has 0 radical (unpaired) electrons. The zero-order chi connectivity index (χ0) is 21.2. The van der Waals surface area contributed by atoms with Crippen LogP contribution in [0.25, 0.3) is 10.8 Å². The van der Waals surface area contributed by atoms with E-state index < -0.39 is 22.1 Å². The molecule has 0 atom stereocenters. The van der Waals surface area contributed by atoms with Gasteiger partial charge in [0.1, 0.15) is 5.75 Å². The van der Waals surface area contributed by atoms with E-state index in [4.69, 9.17) is 0 Å². The zero-order valence-electron chi connectivity index (χ0n) is 15.7. The molecule has 1 N–H and O–H groups in total. The zero-order valence-corrected chi connectivity index (χ0v) is 16.5. The first-order chi connectivity index (χ1) is 13.6. The van der Waals surface area contributed by atoms with Gasteiger partial charge in [-0.3, -0.25) is 0 Å². The summed E-state index contributed by atoms with van der Waals surface area (Å²) in [6.07, 6.45) is -4.87. The molecule has 0 spiro atoms. The molecule has 154 valence electrons. The highest BCUT2D eigenvalue weighted by atomic mass is 32.2. The van der Waals surface area contributed by atoms with Gasteiger partial charge in [0.25, 0.3) is 0 Å². The predicted octanol–water partition coefficient (Wildman–Crippen LogP) is 4.28. The fourth-order valence-electron chi connectivity index (χ4n) is 3.01. The van der Waals surface area contributed by atoms with Gasteiger partial charge in [0.15, 0.2) is 0 Å². The van der Waals surface area contributed by atoms with E-state index in [0.717, 1.165) is 17.1 Å². The van der Waals surface area contributed by atoms with Crippen LogP contribution in [0.15, 0.2) is 65.6 Å². The lowest BCUT2D eigenvalue weighted by Crippen LogP contribution is -2.25. The van der Waals surface area contributed by atoms with Crippen LogP contribution in [0.3, 0.4) is 0 Å². The second-order valence-electron chi connectivity index (χ2n) is 6.50. The Morgan fingerprint density at radius 3 is 2.28 bits per heavy atom. The number of hydrogen-bond donors (Lipinski definition) is 1. The summed E-state index contributed by atoms with van der Waals surface area (Å²) in [5.74, 6) is -0.449. The number of alkyl halides is 3. The van der Waals surface area contributed by atoms with Crippen LogP contribution in [0.2, 0.25) is 0 Å². The van der Waals surface area contributed by atoms with Crippen LogP contribution < -0.4 is 14.4 Å².